The first-order chi connectivity index (χ1) is 10.0. The van der Waals surface area contributed by atoms with Crippen molar-refractivity contribution in [2.75, 3.05) is 18.8 Å². The third kappa shape index (κ3) is 3.43. The van der Waals surface area contributed by atoms with Crippen LogP contribution in [-0.2, 0) is 0 Å². The summed E-state index contributed by atoms with van der Waals surface area (Å²) in [6.07, 6.45) is 1.73. The molecule has 112 valence electrons. The molecule has 2 aromatic rings. The summed E-state index contributed by atoms with van der Waals surface area (Å²) in [7, 11) is 0. The van der Waals surface area contributed by atoms with Gasteiger partial charge in [-0.15, -0.1) is 11.8 Å². The zero-order valence-corrected chi connectivity index (χ0v) is 12.6. The van der Waals surface area contributed by atoms with Gasteiger partial charge in [-0.3, -0.25) is 19.5 Å². The second kappa shape index (κ2) is 6.73. The standard InChI is InChI=1S/C14H17N3O3S/c1-10(18)16-8-12(11-4-2-3-5-13(11)16)14(9-17(19)20)21-7-6-15/h2-5,8,14H,6-7,9,15H2,1H3/p+1/t14-/m0/s1. The van der Waals surface area contributed by atoms with E-state index in [9.17, 15) is 14.9 Å². The first kappa shape index (κ1) is 15.5. The molecule has 0 fully saturated rings. The smallest absolute Gasteiger partial charge is 0.227 e. The molecule has 6 nitrogen and oxygen atoms in total. The number of nitro groups is 1. The lowest BCUT2D eigenvalue weighted by atomic mass is 10.1. The Morgan fingerprint density at radius 2 is 2.19 bits per heavy atom. The Morgan fingerprint density at radius 1 is 1.48 bits per heavy atom. The lowest BCUT2D eigenvalue weighted by molar-refractivity contribution is -0.479. The van der Waals surface area contributed by atoms with Crippen molar-refractivity contribution in [2.24, 2.45) is 0 Å². The highest BCUT2D eigenvalue weighted by Gasteiger charge is 2.23. The minimum atomic E-state index is -0.305. The molecule has 0 saturated heterocycles. The molecule has 0 aliphatic rings. The van der Waals surface area contributed by atoms with E-state index in [1.54, 1.807) is 10.8 Å². The van der Waals surface area contributed by atoms with E-state index in [2.05, 4.69) is 5.73 Å². The number of carbonyl (C=O) groups is 1. The number of para-hydroxylation sites is 1. The molecule has 1 atom stereocenters. The number of quaternary nitrogens is 1. The maximum atomic E-state index is 11.7. The van der Waals surface area contributed by atoms with Crippen LogP contribution in [0.2, 0.25) is 0 Å². The molecule has 0 unspecified atom stereocenters. The Balaban J connectivity index is 2.51. The summed E-state index contributed by atoms with van der Waals surface area (Å²) in [4.78, 5) is 22.4. The van der Waals surface area contributed by atoms with Crippen LogP contribution >= 0.6 is 11.8 Å². The number of carbonyl (C=O) groups excluding carboxylic acids is 1. The Morgan fingerprint density at radius 3 is 2.81 bits per heavy atom. The van der Waals surface area contributed by atoms with Crippen LogP contribution in [0.15, 0.2) is 30.5 Å². The van der Waals surface area contributed by atoms with Gasteiger partial charge in [0.05, 0.1) is 17.3 Å². The average molecular weight is 308 g/mol. The summed E-state index contributed by atoms with van der Waals surface area (Å²) in [6, 6.07) is 7.50. The molecular formula is C14H18N3O3S+. The zero-order chi connectivity index (χ0) is 15.4. The summed E-state index contributed by atoms with van der Waals surface area (Å²) in [5, 5.41) is 11.6. The first-order valence-corrected chi connectivity index (χ1v) is 7.73. The number of hydrogen-bond donors (Lipinski definition) is 1. The first-order valence-electron chi connectivity index (χ1n) is 6.68. The number of nitrogens with zero attached hydrogens (tertiary/aromatic N) is 2. The number of hydrogen-bond acceptors (Lipinski definition) is 4. The zero-order valence-electron chi connectivity index (χ0n) is 11.8. The molecule has 2 rings (SSSR count). The third-order valence-corrected chi connectivity index (χ3v) is 4.54. The molecule has 0 radical (unpaired) electrons. The highest BCUT2D eigenvalue weighted by atomic mass is 32.2. The molecule has 0 aliphatic heterocycles. The molecule has 21 heavy (non-hydrogen) atoms. The van der Waals surface area contributed by atoms with E-state index in [4.69, 9.17) is 0 Å². The van der Waals surface area contributed by atoms with Crippen molar-refractivity contribution in [1.29, 1.82) is 0 Å². The van der Waals surface area contributed by atoms with Gasteiger partial charge in [-0.2, -0.15) is 0 Å². The highest BCUT2D eigenvalue weighted by Crippen LogP contribution is 2.35. The molecule has 0 spiro atoms. The van der Waals surface area contributed by atoms with Crippen LogP contribution in [0.5, 0.6) is 0 Å². The van der Waals surface area contributed by atoms with E-state index in [1.165, 1.54) is 18.7 Å². The largest absolute Gasteiger partial charge is 0.357 e. The minimum Gasteiger partial charge on any atom is -0.357 e. The van der Waals surface area contributed by atoms with Gasteiger partial charge in [0.2, 0.25) is 12.5 Å². The van der Waals surface area contributed by atoms with Crippen molar-refractivity contribution < 1.29 is 15.5 Å². The quantitative estimate of drug-likeness (QED) is 0.648. The number of benzene rings is 1. The lowest BCUT2D eigenvalue weighted by Gasteiger charge is -2.10. The van der Waals surface area contributed by atoms with Crippen LogP contribution < -0.4 is 5.73 Å². The SMILES string of the molecule is CC(=O)n1cc([C@H](C[N+](=O)[O-])SCC[NH3+])c2ccccc21. The topological polar surface area (TPSA) is 92.8 Å². The van der Waals surface area contributed by atoms with Crippen LogP contribution in [0.4, 0.5) is 0 Å². The predicted molar refractivity (Wildman–Crippen MR) is 83.1 cm³/mol. The Labute approximate surface area is 126 Å². The van der Waals surface area contributed by atoms with Crippen molar-refractivity contribution in [3.05, 3.63) is 46.1 Å². The maximum Gasteiger partial charge on any atom is 0.227 e. The van der Waals surface area contributed by atoms with Gasteiger partial charge in [0.1, 0.15) is 0 Å². The van der Waals surface area contributed by atoms with Crippen molar-refractivity contribution in [3.63, 3.8) is 0 Å². The van der Waals surface area contributed by atoms with E-state index in [-0.39, 0.29) is 22.6 Å². The van der Waals surface area contributed by atoms with Gasteiger partial charge in [-0.1, -0.05) is 18.2 Å². The van der Waals surface area contributed by atoms with Gasteiger partial charge in [-0.25, -0.2) is 0 Å². The van der Waals surface area contributed by atoms with E-state index in [0.29, 0.717) is 6.54 Å². The second-order valence-electron chi connectivity index (χ2n) is 4.72. The number of thioether (sulfide) groups is 1. The summed E-state index contributed by atoms with van der Waals surface area (Å²) in [5.41, 5.74) is 5.41. The van der Waals surface area contributed by atoms with Gasteiger partial charge in [0.25, 0.3) is 0 Å². The fraction of sp³-hybridized carbons (Fsp3) is 0.357. The van der Waals surface area contributed by atoms with Crippen LogP contribution in [0.1, 0.15) is 22.5 Å². The number of aromatic nitrogens is 1. The summed E-state index contributed by atoms with van der Waals surface area (Å²) in [5.74, 6) is 0.650. The molecule has 7 heteroatoms. The van der Waals surface area contributed by atoms with Crippen LogP contribution in [0.3, 0.4) is 0 Å². The lowest BCUT2D eigenvalue weighted by Crippen LogP contribution is -2.51. The van der Waals surface area contributed by atoms with E-state index in [0.717, 1.165) is 22.2 Å². The number of rotatable bonds is 6. The van der Waals surface area contributed by atoms with Gasteiger partial charge < -0.3 is 5.73 Å². The predicted octanol–water partition coefficient (Wildman–Crippen LogP) is 1.59. The fourth-order valence-electron chi connectivity index (χ4n) is 2.32. The van der Waals surface area contributed by atoms with Crippen LogP contribution in [0.25, 0.3) is 10.9 Å². The van der Waals surface area contributed by atoms with E-state index in [1.807, 2.05) is 24.3 Å². The van der Waals surface area contributed by atoms with Crippen molar-refractivity contribution in [1.82, 2.24) is 4.57 Å². The number of fused-ring (bicyclic) bond motifs is 1. The highest BCUT2D eigenvalue weighted by molar-refractivity contribution is 7.99. The summed E-state index contributed by atoms with van der Waals surface area (Å²) >= 11 is 1.51. The van der Waals surface area contributed by atoms with Crippen LogP contribution in [0, 0.1) is 10.1 Å². The molecule has 0 amide bonds. The van der Waals surface area contributed by atoms with Gasteiger partial charge in [0.15, 0.2) is 0 Å². The Hall–Kier alpha value is -1.86. The molecule has 3 N–H and O–H groups in total. The maximum absolute atomic E-state index is 11.7. The van der Waals surface area contributed by atoms with Gasteiger partial charge in [-0.05, 0) is 11.6 Å². The van der Waals surface area contributed by atoms with Gasteiger partial charge in [0, 0.05) is 29.2 Å². The average Bonchev–Trinajstić information content (AvgIpc) is 2.83. The Bertz CT molecular complexity index is 669. The summed E-state index contributed by atoms with van der Waals surface area (Å²) < 4.78 is 1.56. The molecular weight excluding hydrogens is 290 g/mol. The summed E-state index contributed by atoms with van der Waals surface area (Å²) in [6.45, 7) is 2.04. The normalized spacial score (nSPS) is 12.5. The van der Waals surface area contributed by atoms with Crippen LogP contribution in [-0.4, -0.2) is 34.2 Å². The molecule has 0 bridgehead atoms. The van der Waals surface area contributed by atoms with Gasteiger partial charge >= 0.3 is 0 Å². The third-order valence-electron chi connectivity index (χ3n) is 3.21. The molecule has 1 aromatic carbocycles. The monoisotopic (exact) mass is 308 g/mol. The minimum absolute atomic E-state index is 0.0977. The van der Waals surface area contributed by atoms with E-state index >= 15 is 0 Å². The second-order valence-corrected chi connectivity index (χ2v) is 6.03. The van der Waals surface area contributed by atoms with Crippen molar-refractivity contribution in [3.8, 4) is 0 Å². The molecule has 1 aromatic heterocycles. The van der Waals surface area contributed by atoms with Crippen molar-refractivity contribution >= 4 is 28.6 Å². The Kier molecular flexibility index (Phi) is 4.98. The molecule has 1 heterocycles. The molecule has 0 saturated carbocycles. The fourth-order valence-corrected chi connectivity index (χ4v) is 3.37. The van der Waals surface area contributed by atoms with E-state index < -0.39 is 0 Å². The molecule has 0 aliphatic carbocycles. The van der Waals surface area contributed by atoms with Crippen molar-refractivity contribution in [2.45, 2.75) is 12.2 Å².